The lowest BCUT2D eigenvalue weighted by molar-refractivity contribution is 0.0377. The van der Waals surface area contributed by atoms with Gasteiger partial charge in [-0.1, -0.05) is 6.07 Å². The Kier molecular flexibility index (Phi) is 4.48. The highest BCUT2D eigenvalue weighted by atomic mass is 32.2. The molecule has 1 aromatic carbocycles. The van der Waals surface area contributed by atoms with Crippen molar-refractivity contribution in [2.45, 2.75) is 24.8 Å². The number of carbonyl (C=O) groups is 1. The molecule has 18 heavy (non-hydrogen) atoms. The van der Waals surface area contributed by atoms with E-state index in [4.69, 9.17) is 4.74 Å². The van der Waals surface area contributed by atoms with Gasteiger partial charge in [-0.15, -0.1) is 0 Å². The molecule has 0 aliphatic carbocycles. The van der Waals surface area contributed by atoms with Crippen molar-refractivity contribution in [1.29, 1.82) is 0 Å². The quantitative estimate of drug-likeness (QED) is 0.779. The van der Waals surface area contributed by atoms with Crippen molar-refractivity contribution < 1.29 is 17.9 Å². The lowest BCUT2D eigenvalue weighted by Crippen LogP contribution is -2.22. The number of hydrogen-bond donors (Lipinski definition) is 0. The van der Waals surface area contributed by atoms with Gasteiger partial charge in [-0.2, -0.15) is 0 Å². The predicted octanol–water partition coefficient (Wildman–Crippen LogP) is 1.50. The molecule has 0 aliphatic rings. The molecule has 0 N–H and O–H groups in total. The molecule has 1 aromatic rings. The van der Waals surface area contributed by atoms with Crippen molar-refractivity contribution in [2.24, 2.45) is 0 Å². The molecule has 5 nitrogen and oxygen atoms in total. The number of benzene rings is 1. The van der Waals surface area contributed by atoms with Gasteiger partial charge in [0, 0.05) is 14.1 Å². The van der Waals surface area contributed by atoms with E-state index in [9.17, 15) is 13.2 Å². The third kappa shape index (κ3) is 3.30. The summed E-state index contributed by atoms with van der Waals surface area (Å²) in [5, 5.41) is 0. The van der Waals surface area contributed by atoms with Crippen LogP contribution >= 0.6 is 0 Å². The summed E-state index contributed by atoms with van der Waals surface area (Å²) in [6.45, 7) is 3.47. The van der Waals surface area contributed by atoms with Gasteiger partial charge in [-0.05, 0) is 32.0 Å². The maximum absolute atomic E-state index is 11.9. The normalized spacial score (nSPS) is 11.9. The van der Waals surface area contributed by atoms with E-state index in [1.54, 1.807) is 13.8 Å². The van der Waals surface area contributed by atoms with Crippen molar-refractivity contribution in [1.82, 2.24) is 4.31 Å². The predicted molar refractivity (Wildman–Crippen MR) is 67.9 cm³/mol. The van der Waals surface area contributed by atoms with E-state index < -0.39 is 16.0 Å². The number of hydrogen-bond acceptors (Lipinski definition) is 4. The summed E-state index contributed by atoms with van der Waals surface area (Å²) >= 11 is 0. The highest BCUT2D eigenvalue weighted by Crippen LogP contribution is 2.15. The second-order valence-electron chi connectivity index (χ2n) is 4.27. The molecule has 0 atom stereocenters. The van der Waals surface area contributed by atoms with Crippen LogP contribution in [0.3, 0.4) is 0 Å². The number of sulfonamides is 1. The average molecular weight is 271 g/mol. The molecular formula is C12H17NO4S. The topological polar surface area (TPSA) is 63.7 Å². The average Bonchev–Trinajstić information content (AvgIpc) is 2.28. The standard InChI is InChI=1S/C12H17NO4S/c1-9(2)17-12(14)10-6-5-7-11(8-10)18(15,16)13(3)4/h5-9H,1-4H3. The van der Waals surface area contributed by atoms with Gasteiger partial charge in [0.15, 0.2) is 0 Å². The Hall–Kier alpha value is -1.40. The largest absolute Gasteiger partial charge is 0.459 e. The van der Waals surface area contributed by atoms with Crippen molar-refractivity contribution >= 4 is 16.0 Å². The van der Waals surface area contributed by atoms with Crippen LogP contribution < -0.4 is 0 Å². The first-order valence-electron chi connectivity index (χ1n) is 5.48. The van der Waals surface area contributed by atoms with Crippen LogP contribution in [0.5, 0.6) is 0 Å². The Labute approximate surface area is 107 Å². The van der Waals surface area contributed by atoms with Crippen molar-refractivity contribution in [2.75, 3.05) is 14.1 Å². The molecule has 0 aliphatic heterocycles. The molecule has 0 saturated heterocycles. The minimum Gasteiger partial charge on any atom is -0.459 e. The van der Waals surface area contributed by atoms with Crippen LogP contribution in [0.15, 0.2) is 29.2 Å². The maximum Gasteiger partial charge on any atom is 0.338 e. The van der Waals surface area contributed by atoms with Crippen LogP contribution in [-0.4, -0.2) is 38.9 Å². The summed E-state index contributed by atoms with van der Waals surface area (Å²) < 4.78 is 29.9. The Morgan fingerprint density at radius 2 is 1.89 bits per heavy atom. The van der Waals surface area contributed by atoms with Crippen LogP contribution in [0.1, 0.15) is 24.2 Å². The van der Waals surface area contributed by atoms with Crippen LogP contribution in [0, 0.1) is 0 Å². The van der Waals surface area contributed by atoms with Gasteiger partial charge in [0.1, 0.15) is 0 Å². The number of carbonyl (C=O) groups excluding carboxylic acids is 1. The molecule has 0 heterocycles. The van der Waals surface area contributed by atoms with Crippen molar-refractivity contribution in [3.05, 3.63) is 29.8 Å². The summed E-state index contributed by atoms with van der Waals surface area (Å²) in [5.74, 6) is -0.527. The molecule has 0 bridgehead atoms. The molecule has 0 aromatic heterocycles. The van der Waals surface area contributed by atoms with E-state index >= 15 is 0 Å². The van der Waals surface area contributed by atoms with E-state index in [2.05, 4.69) is 0 Å². The second kappa shape index (κ2) is 5.49. The Balaban J connectivity index is 3.11. The Morgan fingerprint density at radius 3 is 2.39 bits per heavy atom. The smallest absolute Gasteiger partial charge is 0.338 e. The van der Waals surface area contributed by atoms with E-state index in [0.29, 0.717) is 0 Å². The Morgan fingerprint density at radius 1 is 1.28 bits per heavy atom. The number of esters is 1. The number of rotatable bonds is 4. The zero-order chi connectivity index (χ0) is 13.9. The summed E-state index contributed by atoms with van der Waals surface area (Å²) in [6, 6.07) is 5.81. The lowest BCUT2D eigenvalue weighted by Gasteiger charge is -2.12. The summed E-state index contributed by atoms with van der Waals surface area (Å²) in [5.41, 5.74) is 0.228. The molecule has 0 unspecified atom stereocenters. The molecule has 1 rings (SSSR count). The number of ether oxygens (including phenoxy) is 1. The highest BCUT2D eigenvalue weighted by Gasteiger charge is 2.19. The van der Waals surface area contributed by atoms with Gasteiger partial charge in [0.2, 0.25) is 10.0 Å². The first kappa shape index (κ1) is 14.7. The van der Waals surface area contributed by atoms with Gasteiger partial charge in [-0.3, -0.25) is 0 Å². The minimum absolute atomic E-state index is 0.0747. The van der Waals surface area contributed by atoms with Gasteiger partial charge in [-0.25, -0.2) is 17.5 Å². The van der Waals surface area contributed by atoms with E-state index in [1.165, 1.54) is 38.4 Å². The fourth-order valence-corrected chi connectivity index (χ4v) is 2.22. The monoisotopic (exact) mass is 271 g/mol. The molecular weight excluding hydrogens is 254 g/mol. The SMILES string of the molecule is CC(C)OC(=O)c1cccc(S(=O)(=O)N(C)C)c1. The summed E-state index contributed by atoms with van der Waals surface area (Å²) in [7, 11) is -0.658. The molecule has 0 amide bonds. The third-order valence-corrected chi connectivity index (χ3v) is 4.00. The molecule has 6 heteroatoms. The minimum atomic E-state index is -3.54. The van der Waals surface area contributed by atoms with Gasteiger partial charge in [0.25, 0.3) is 0 Å². The van der Waals surface area contributed by atoms with Gasteiger partial charge >= 0.3 is 5.97 Å². The molecule has 0 fully saturated rings. The number of nitrogens with zero attached hydrogens (tertiary/aromatic N) is 1. The summed E-state index contributed by atoms with van der Waals surface area (Å²) in [4.78, 5) is 11.7. The van der Waals surface area contributed by atoms with E-state index in [1.807, 2.05) is 0 Å². The molecule has 100 valence electrons. The fraction of sp³-hybridized carbons (Fsp3) is 0.417. The third-order valence-electron chi connectivity index (χ3n) is 2.19. The first-order valence-corrected chi connectivity index (χ1v) is 6.92. The van der Waals surface area contributed by atoms with Crippen LogP contribution in [-0.2, 0) is 14.8 Å². The van der Waals surface area contributed by atoms with Crippen LogP contribution in [0.4, 0.5) is 0 Å². The van der Waals surface area contributed by atoms with Crippen molar-refractivity contribution in [3.63, 3.8) is 0 Å². The molecule has 0 radical (unpaired) electrons. The van der Waals surface area contributed by atoms with Gasteiger partial charge < -0.3 is 4.74 Å². The first-order chi connectivity index (χ1) is 8.25. The van der Waals surface area contributed by atoms with Crippen molar-refractivity contribution in [3.8, 4) is 0 Å². The van der Waals surface area contributed by atoms with Crippen LogP contribution in [0.25, 0.3) is 0 Å². The highest BCUT2D eigenvalue weighted by molar-refractivity contribution is 7.89. The molecule has 0 spiro atoms. The summed E-state index contributed by atoms with van der Waals surface area (Å²) in [6.07, 6.45) is -0.244. The van der Waals surface area contributed by atoms with E-state index in [-0.39, 0.29) is 16.6 Å². The zero-order valence-electron chi connectivity index (χ0n) is 10.9. The Bertz CT molecular complexity index is 535. The maximum atomic E-state index is 11.9. The van der Waals surface area contributed by atoms with E-state index in [0.717, 1.165) is 4.31 Å². The second-order valence-corrected chi connectivity index (χ2v) is 6.42. The zero-order valence-corrected chi connectivity index (χ0v) is 11.7. The molecule has 0 saturated carbocycles. The van der Waals surface area contributed by atoms with Crippen LogP contribution in [0.2, 0.25) is 0 Å². The fourth-order valence-electron chi connectivity index (χ4n) is 1.28. The lowest BCUT2D eigenvalue weighted by atomic mass is 10.2. The van der Waals surface area contributed by atoms with Gasteiger partial charge in [0.05, 0.1) is 16.6 Å².